The lowest BCUT2D eigenvalue weighted by Crippen LogP contribution is -2.27. The molecule has 3 nitrogen and oxygen atoms in total. The lowest BCUT2D eigenvalue weighted by atomic mass is 9.81. The minimum atomic E-state index is -0.182. The summed E-state index contributed by atoms with van der Waals surface area (Å²) in [5, 5.41) is 1.67. The van der Waals surface area contributed by atoms with E-state index in [0.717, 1.165) is 16.6 Å². The van der Waals surface area contributed by atoms with Crippen molar-refractivity contribution < 1.29 is 4.79 Å². The molecule has 4 rings (SSSR count). The SMILES string of the molecule is CC.Cc1ccc2[nH]c3c(c(=O)c2c1)C(=O)CC(c1ccc(Cl)cc1Cl)C3. The van der Waals surface area contributed by atoms with Gasteiger partial charge in [0.25, 0.3) is 0 Å². The number of aromatic nitrogens is 1. The van der Waals surface area contributed by atoms with Crippen LogP contribution in [0.25, 0.3) is 10.9 Å². The highest BCUT2D eigenvalue weighted by atomic mass is 35.5. The largest absolute Gasteiger partial charge is 0.358 e. The summed E-state index contributed by atoms with van der Waals surface area (Å²) < 4.78 is 0. The number of H-pyrrole nitrogens is 1. The van der Waals surface area contributed by atoms with Crippen LogP contribution < -0.4 is 5.43 Å². The number of carbonyl (C=O) groups is 1. The number of aromatic amines is 1. The molecule has 0 aliphatic heterocycles. The molecule has 1 atom stereocenters. The van der Waals surface area contributed by atoms with Gasteiger partial charge in [0, 0.05) is 33.1 Å². The molecule has 0 spiro atoms. The highest BCUT2D eigenvalue weighted by Gasteiger charge is 2.30. The molecule has 0 fully saturated rings. The van der Waals surface area contributed by atoms with Gasteiger partial charge in [0.05, 0.1) is 5.56 Å². The molecule has 1 aromatic heterocycles. The van der Waals surface area contributed by atoms with E-state index in [-0.39, 0.29) is 23.6 Å². The van der Waals surface area contributed by atoms with Gasteiger partial charge < -0.3 is 4.98 Å². The summed E-state index contributed by atoms with van der Waals surface area (Å²) in [5.74, 6) is -0.203. The third-order valence-corrected chi connectivity index (χ3v) is 5.36. The monoisotopic (exact) mass is 401 g/mol. The first kappa shape index (κ1) is 19.7. The van der Waals surface area contributed by atoms with Crippen molar-refractivity contribution in [3.63, 3.8) is 0 Å². The quantitative estimate of drug-likeness (QED) is 0.536. The van der Waals surface area contributed by atoms with Gasteiger partial charge in [-0.25, -0.2) is 0 Å². The average molecular weight is 402 g/mol. The maximum Gasteiger partial charge on any atom is 0.200 e. The molecule has 3 aromatic rings. The summed E-state index contributed by atoms with van der Waals surface area (Å²) in [6.07, 6.45) is 0.843. The Morgan fingerprint density at radius 2 is 1.74 bits per heavy atom. The number of halogens is 2. The number of carbonyl (C=O) groups excluding carboxylic acids is 1. The molecule has 1 aliphatic carbocycles. The van der Waals surface area contributed by atoms with Crippen LogP contribution in [0.3, 0.4) is 0 Å². The summed E-state index contributed by atoms with van der Waals surface area (Å²) in [6.45, 7) is 5.93. The van der Waals surface area contributed by atoms with Crippen molar-refractivity contribution in [1.29, 1.82) is 0 Å². The smallest absolute Gasteiger partial charge is 0.200 e. The maximum absolute atomic E-state index is 12.8. The van der Waals surface area contributed by atoms with Gasteiger partial charge in [-0.15, -0.1) is 0 Å². The number of benzene rings is 2. The van der Waals surface area contributed by atoms with Crippen LogP contribution in [0.15, 0.2) is 41.2 Å². The fourth-order valence-corrected chi connectivity index (χ4v) is 4.16. The van der Waals surface area contributed by atoms with Gasteiger partial charge in [-0.2, -0.15) is 0 Å². The second-order valence-corrected chi connectivity index (χ2v) is 7.39. The highest BCUT2D eigenvalue weighted by molar-refractivity contribution is 6.35. The fourth-order valence-electron chi connectivity index (χ4n) is 3.60. The van der Waals surface area contributed by atoms with E-state index in [9.17, 15) is 9.59 Å². The molecule has 0 amide bonds. The summed E-state index contributed by atoms with van der Waals surface area (Å²) in [7, 11) is 0. The molecule has 0 radical (unpaired) electrons. The molecule has 1 unspecified atom stereocenters. The Kier molecular flexibility index (Phi) is 5.73. The van der Waals surface area contributed by atoms with Crippen LogP contribution in [0.2, 0.25) is 10.0 Å². The fraction of sp³-hybridized carbons (Fsp3) is 0.273. The first-order valence-corrected chi connectivity index (χ1v) is 9.83. The lowest BCUT2D eigenvalue weighted by molar-refractivity contribution is 0.0962. The number of aryl methyl sites for hydroxylation is 1. The van der Waals surface area contributed by atoms with Gasteiger partial charge in [-0.05, 0) is 49.1 Å². The zero-order chi connectivity index (χ0) is 19.7. The van der Waals surface area contributed by atoms with Crippen molar-refractivity contribution in [3.8, 4) is 0 Å². The number of ketones is 1. The Hall–Kier alpha value is -2.10. The molecular weight excluding hydrogens is 381 g/mol. The number of hydrogen-bond donors (Lipinski definition) is 1. The minimum Gasteiger partial charge on any atom is -0.358 e. The number of Topliss-reactive ketones (excluding diaryl/α,β-unsaturated/α-hetero) is 1. The first-order valence-electron chi connectivity index (χ1n) is 9.07. The molecule has 27 heavy (non-hydrogen) atoms. The van der Waals surface area contributed by atoms with Crippen molar-refractivity contribution in [3.05, 3.63) is 79.1 Å². The summed E-state index contributed by atoms with van der Waals surface area (Å²) in [4.78, 5) is 28.8. The number of fused-ring (bicyclic) bond motifs is 2. The van der Waals surface area contributed by atoms with Crippen molar-refractivity contribution in [2.75, 3.05) is 0 Å². The topological polar surface area (TPSA) is 49.9 Å². The number of pyridine rings is 1. The Morgan fingerprint density at radius 3 is 2.44 bits per heavy atom. The van der Waals surface area contributed by atoms with Gasteiger partial charge in [0.15, 0.2) is 11.2 Å². The summed E-state index contributed by atoms with van der Waals surface area (Å²) in [6, 6.07) is 11.0. The normalized spacial score (nSPS) is 15.9. The van der Waals surface area contributed by atoms with E-state index in [1.807, 2.05) is 45.0 Å². The average Bonchev–Trinajstić information content (AvgIpc) is 2.63. The predicted octanol–water partition coefficient (Wildman–Crippen LogP) is 6.08. The zero-order valence-corrected chi connectivity index (χ0v) is 17.0. The van der Waals surface area contributed by atoms with Gasteiger partial charge in [-0.1, -0.05) is 54.7 Å². The van der Waals surface area contributed by atoms with Crippen molar-refractivity contribution in [1.82, 2.24) is 4.98 Å². The van der Waals surface area contributed by atoms with E-state index in [1.165, 1.54) is 0 Å². The molecule has 0 saturated heterocycles. The van der Waals surface area contributed by atoms with Gasteiger partial charge >= 0.3 is 0 Å². The number of hydrogen-bond acceptors (Lipinski definition) is 2. The molecule has 1 aliphatic rings. The number of nitrogens with one attached hydrogen (secondary N) is 1. The number of rotatable bonds is 1. The second-order valence-electron chi connectivity index (χ2n) is 6.55. The Labute approximate surface area is 168 Å². The van der Waals surface area contributed by atoms with E-state index in [1.54, 1.807) is 12.1 Å². The Bertz CT molecular complexity index is 1090. The Balaban J connectivity index is 0.00000102. The molecule has 2 aromatic carbocycles. The third kappa shape index (κ3) is 3.67. The van der Waals surface area contributed by atoms with Crippen LogP contribution in [0, 0.1) is 6.92 Å². The molecule has 0 bridgehead atoms. The van der Waals surface area contributed by atoms with Crippen LogP contribution in [0.4, 0.5) is 0 Å². The minimum absolute atomic E-state index is 0.0664. The molecule has 5 heteroatoms. The molecule has 140 valence electrons. The van der Waals surface area contributed by atoms with Gasteiger partial charge in [0.1, 0.15) is 0 Å². The van der Waals surface area contributed by atoms with Crippen LogP contribution in [-0.4, -0.2) is 10.8 Å². The van der Waals surface area contributed by atoms with Crippen molar-refractivity contribution >= 4 is 39.9 Å². The molecule has 0 saturated carbocycles. The van der Waals surface area contributed by atoms with Crippen LogP contribution in [-0.2, 0) is 6.42 Å². The van der Waals surface area contributed by atoms with E-state index >= 15 is 0 Å². The standard InChI is InChI=1S/C20H15Cl2NO2.C2H6/c1-10-2-5-16-14(6-10)20(25)19-17(23-16)7-11(8-18(19)24)13-4-3-12(21)9-15(13)22;1-2/h2-6,9,11H,7-8H2,1H3,(H,23,25);1-2H3. The Morgan fingerprint density at radius 1 is 1.00 bits per heavy atom. The van der Waals surface area contributed by atoms with Crippen molar-refractivity contribution in [2.24, 2.45) is 0 Å². The van der Waals surface area contributed by atoms with Gasteiger partial charge in [0.2, 0.25) is 0 Å². The van der Waals surface area contributed by atoms with Crippen molar-refractivity contribution in [2.45, 2.75) is 39.5 Å². The predicted molar refractivity (Wildman–Crippen MR) is 113 cm³/mol. The van der Waals surface area contributed by atoms with E-state index < -0.39 is 0 Å². The molecule has 1 heterocycles. The van der Waals surface area contributed by atoms with Gasteiger partial charge in [-0.3, -0.25) is 9.59 Å². The zero-order valence-electron chi connectivity index (χ0n) is 15.5. The lowest BCUT2D eigenvalue weighted by Gasteiger charge is -2.24. The molecular formula is C22H21Cl2NO2. The van der Waals surface area contributed by atoms with Crippen LogP contribution >= 0.6 is 23.2 Å². The summed E-state index contributed by atoms with van der Waals surface area (Å²) in [5.41, 5.74) is 3.43. The summed E-state index contributed by atoms with van der Waals surface area (Å²) >= 11 is 12.3. The van der Waals surface area contributed by atoms with E-state index in [0.29, 0.717) is 33.1 Å². The second kappa shape index (κ2) is 7.87. The molecule has 1 N–H and O–H groups in total. The van der Waals surface area contributed by atoms with E-state index in [4.69, 9.17) is 23.2 Å². The van der Waals surface area contributed by atoms with Crippen LogP contribution in [0.5, 0.6) is 0 Å². The maximum atomic E-state index is 12.8. The van der Waals surface area contributed by atoms with Crippen LogP contribution in [0.1, 0.15) is 53.4 Å². The first-order chi connectivity index (χ1) is 12.9. The third-order valence-electron chi connectivity index (χ3n) is 4.80. The highest BCUT2D eigenvalue weighted by Crippen LogP contribution is 2.36. The van der Waals surface area contributed by atoms with E-state index in [2.05, 4.69) is 4.98 Å².